The summed E-state index contributed by atoms with van der Waals surface area (Å²) in [6, 6.07) is 4.39. The Bertz CT molecular complexity index is 1470. The van der Waals surface area contributed by atoms with Crippen molar-refractivity contribution in [3.05, 3.63) is 53.4 Å². The fourth-order valence-corrected chi connectivity index (χ4v) is 4.17. The number of benzene rings is 1. The minimum absolute atomic E-state index is 0.0306. The minimum Gasteiger partial charge on any atom is -0.496 e. The number of aromatic nitrogens is 1. The molecule has 1 aromatic heterocycles. The van der Waals surface area contributed by atoms with E-state index in [1.54, 1.807) is 34.6 Å². The monoisotopic (exact) mass is 625 g/mol. The van der Waals surface area contributed by atoms with Crippen LogP contribution >= 0.6 is 0 Å². The summed E-state index contributed by atoms with van der Waals surface area (Å²) < 4.78 is 20.9. The fraction of sp³-hybridized carbons (Fsp3) is 0.438. The zero-order chi connectivity index (χ0) is 33.5. The number of pyridine rings is 1. The van der Waals surface area contributed by atoms with E-state index in [4.69, 9.17) is 18.9 Å². The van der Waals surface area contributed by atoms with Crippen molar-refractivity contribution in [2.45, 2.75) is 59.1 Å². The van der Waals surface area contributed by atoms with E-state index in [1.165, 1.54) is 37.5 Å². The number of carboxylic acids is 1. The zero-order valence-corrected chi connectivity index (χ0v) is 26.2. The highest BCUT2D eigenvalue weighted by Crippen LogP contribution is 2.34. The van der Waals surface area contributed by atoms with Gasteiger partial charge < -0.3 is 34.7 Å². The quantitative estimate of drug-likeness (QED) is 0.212. The normalized spacial score (nSPS) is 13.3. The van der Waals surface area contributed by atoms with Crippen LogP contribution in [0, 0.1) is 11.8 Å². The van der Waals surface area contributed by atoms with Crippen LogP contribution in [0.2, 0.25) is 0 Å². The molecule has 3 rings (SSSR count). The molecule has 2 amide bonds. The van der Waals surface area contributed by atoms with E-state index in [1.807, 2.05) is 0 Å². The second kappa shape index (κ2) is 14.7. The number of amides is 2. The van der Waals surface area contributed by atoms with E-state index in [-0.39, 0.29) is 28.1 Å². The van der Waals surface area contributed by atoms with Gasteiger partial charge in [-0.15, -0.1) is 0 Å². The van der Waals surface area contributed by atoms with Crippen molar-refractivity contribution in [3.63, 3.8) is 0 Å². The molecule has 1 saturated carbocycles. The molecular weight excluding hydrogens is 586 g/mol. The van der Waals surface area contributed by atoms with Gasteiger partial charge in [0.2, 0.25) is 6.79 Å². The van der Waals surface area contributed by atoms with Crippen molar-refractivity contribution in [2.75, 3.05) is 20.4 Å². The maximum atomic E-state index is 13.4. The first-order chi connectivity index (χ1) is 21.1. The molecule has 1 aromatic carbocycles. The van der Waals surface area contributed by atoms with Gasteiger partial charge in [-0.2, -0.15) is 0 Å². The van der Waals surface area contributed by atoms with E-state index in [0.29, 0.717) is 18.0 Å². The maximum absolute atomic E-state index is 13.4. The molecule has 45 heavy (non-hydrogen) atoms. The van der Waals surface area contributed by atoms with Gasteiger partial charge in [0.1, 0.15) is 23.1 Å². The number of hydrogen-bond acceptors (Lipinski definition) is 10. The Labute approximate surface area is 261 Å². The second-order valence-corrected chi connectivity index (χ2v) is 11.8. The third-order valence-electron chi connectivity index (χ3n) is 6.66. The Morgan fingerprint density at radius 1 is 1.09 bits per heavy atom. The van der Waals surface area contributed by atoms with Crippen LogP contribution in [-0.2, 0) is 19.0 Å². The average molecular weight is 626 g/mol. The van der Waals surface area contributed by atoms with Crippen LogP contribution in [-0.4, -0.2) is 72.1 Å². The molecule has 0 aliphatic heterocycles. The van der Waals surface area contributed by atoms with Gasteiger partial charge in [0.15, 0.2) is 5.69 Å². The SMILES string of the molecule is C=Cc1cc(C(=O)O)c(-c2ccc(C(=O)NCC3CC3)nc2C(=O)OCOC(=O)C(NC(=O)OC(C)(C)C)C(C)C)cc1OC. The van der Waals surface area contributed by atoms with Crippen molar-refractivity contribution in [1.29, 1.82) is 0 Å². The third kappa shape index (κ3) is 9.52. The van der Waals surface area contributed by atoms with Crippen LogP contribution in [0.25, 0.3) is 17.2 Å². The number of alkyl carbamates (subject to hydrolysis) is 1. The van der Waals surface area contributed by atoms with E-state index < -0.39 is 60.0 Å². The van der Waals surface area contributed by atoms with Gasteiger partial charge in [-0.05, 0) is 69.7 Å². The molecule has 0 spiro atoms. The fourth-order valence-electron chi connectivity index (χ4n) is 4.17. The van der Waals surface area contributed by atoms with Crippen molar-refractivity contribution in [3.8, 4) is 16.9 Å². The summed E-state index contributed by atoms with van der Waals surface area (Å²) in [5.41, 5.74) is -0.985. The average Bonchev–Trinajstić information content (AvgIpc) is 3.81. The second-order valence-electron chi connectivity index (χ2n) is 11.8. The number of nitrogens with zero attached hydrogens (tertiary/aromatic N) is 1. The van der Waals surface area contributed by atoms with Crippen LogP contribution in [0.5, 0.6) is 5.75 Å². The molecule has 13 nitrogen and oxygen atoms in total. The van der Waals surface area contributed by atoms with Gasteiger partial charge in [-0.1, -0.05) is 26.5 Å². The summed E-state index contributed by atoms with van der Waals surface area (Å²) in [7, 11) is 1.39. The van der Waals surface area contributed by atoms with E-state index >= 15 is 0 Å². The highest BCUT2D eigenvalue weighted by molar-refractivity contribution is 6.04. The molecule has 1 atom stereocenters. The lowest BCUT2D eigenvalue weighted by molar-refractivity contribution is -0.156. The number of aromatic carboxylic acids is 1. The number of esters is 2. The first-order valence-electron chi connectivity index (χ1n) is 14.4. The van der Waals surface area contributed by atoms with Crippen LogP contribution in [0.1, 0.15) is 84.4 Å². The van der Waals surface area contributed by atoms with Crippen LogP contribution in [0.4, 0.5) is 4.79 Å². The van der Waals surface area contributed by atoms with Crippen LogP contribution in [0.15, 0.2) is 30.8 Å². The largest absolute Gasteiger partial charge is 0.496 e. The standard InChI is InChI=1S/C32H39N3O10/c1-8-19-13-22(28(37)38)21(14-24(19)42-7)20-11-12-23(27(36)33-15-18-9-10-18)34-26(20)30(40)44-16-43-29(39)25(17(2)3)35-31(41)45-32(4,5)6/h8,11-14,17-18,25H,1,9-10,15-16H2,2-7H3,(H,33,36)(H,35,41)(H,37,38). The molecule has 1 heterocycles. The highest BCUT2D eigenvalue weighted by atomic mass is 16.7. The molecule has 3 N–H and O–H groups in total. The first kappa shape index (κ1) is 34.5. The number of carbonyl (C=O) groups is 5. The van der Waals surface area contributed by atoms with Crippen LogP contribution < -0.4 is 15.4 Å². The number of methoxy groups -OCH3 is 1. The van der Waals surface area contributed by atoms with Crippen molar-refractivity contribution in [1.82, 2.24) is 15.6 Å². The molecule has 0 radical (unpaired) electrons. The first-order valence-corrected chi connectivity index (χ1v) is 14.4. The number of carbonyl (C=O) groups excluding carboxylic acids is 4. The van der Waals surface area contributed by atoms with E-state index in [2.05, 4.69) is 22.2 Å². The Morgan fingerprint density at radius 2 is 1.78 bits per heavy atom. The molecule has 0 bridgehead atoms. The lowest BCUT2D eigenvalue weighted by atomic mass is 9.95. The van der Waals surface area contributed by atoms with Gasteiger partial charge in [0.05, 0.1) is 12.7 Å². The van der Waals surface area contributed by atoms with Crippen molar-refractivity contribution in [2.24, 2.45) is 11.8 Å². The number of rotatable bonds is 13. The maximum Gasteiger partial charge on any atom is 0.408 e. The predicted molar refractivity (Wildman–Crippen MR) is 163 cm³/mol. The third-order valence-corrected chi connectivity index (χ3v) is 6.66. The molecule has 13 heteroatoms. The lowest BCUT2D eigenvalue weighted by Crippen LogP contribution is -2.47. The summed E-state index contributed by atoms with van der Waals surface area (Å²) in [6.07, 6.45) is 2.61. The molecule has 1 aliphatic rings. The Kier molecular flexibility index (Phi) is 11.3. The minimum atomic E-state index is -1.30. The summed E-state index contributed by atoms with van der Waals surface area (Å²) >= 11 is 0. The summed E-state index contributed by atoms with van der Waals surface area (Å²) in [4.78, 5) is 67.6. The number of ether oxygens (including phenoxy) is 4. The smallest absolute Gasteiger partial charge is 0.408 e. The van der Waals surface area contributed by atoms with Crippen LogP contribution in [0.3, 0.4) is 0 Å². The topological polar surface area (TPSA) is 179 Å². The summed E-state index contributed by atoms with van der Waals surface area (Å²) in [5.74, 6) is -3.54. The predicted octanol–water partition coefficient (Wildman–Crippen LogP) is 4.45. The number of carboxylic acid groups (broad SMARTS) is 1. The van der Waals surface area contributed by atoms with Gasteiger partial charge in [0, 0.05) is 23.2 Å². The molecular formula is C32H39N3O10. The van der Waals surface area contributed by atoms with Gasteiger partial charge >= 0.3 is 24.0 Å². The molecule has 1 fully saturated rings. The van der Waals surface area contributed by atoms with Crippen molar-refractivity contribution < 1.29 is 48.0 Å². The van der Waals surface area contributed by atoms with Gasteiger partial charge in [-0.25, -0.2) is 24.2 Å². The number of hydrogen-bond donors (Lipinski definition) is 3. The summed E-state index contributed by atoms with van der Waals surface area (Å²) in [5, 5.41) is 15.2. The number of nitrogens with one attached hydrogen (secondary N) is 2. The molecule has 242 valence electrons. The molecule has 0 saturated heterocycles. The van der Waals surface area contributed by atoms with Crippen molar-refractivity contribution >= 4 is 36.0 Å². The zero-order valence-electron chi connectivity index (χ0n) is 26.2. The Morgan fingerprint density at radius 3 is 2.33 bits per heavy atom. The van der Waals surface area contributed by atoms with Gasteiger partial charge in [-0.3, -0.25) is 4.79 Å². The Balaban J connectivity index is 1.90. The summed E-state index contributed by atoms with van der Waals surface area (Å²) in [6.45, 7) is 11.6. The lowest BCUT2D eigenvalue weighted by Gasteiger charge is -2.24. The molecule has 1 aliphatic carbocycles. The van der Waals surface area contributed by atoms with E-state index in [9.17, 15) is 29.1 Å². The molecule has 1 unspecified atom stereocenters. The molecule has 2 aromatic rings. The highest BCUT2D eigenvalue weighted by Gasteiger charge is 2.30. The van der Waals surface area contributed by atoms with Gasteiger partial charge in [0.25, 0.3) is 5.91 Å². The Hall–Kier alpha value is -4.94. The van der Waals surface area contributed by atoms with E-state index in [0.717, 1.165) is 12.8 Å².